The largest absolute Gasteiger partial charge is 0.497 e. The van der Waals surface area contributed by atoms with Gasteiger partial charge in [0.15, 0.2) is 6.61 Å². The number of benzene rings is 1. The molecule has 1 aliphatic rings. The van der Waals surface area contributed by atoms with Gasteiger partial charge in [0.2, 0.25) is 0 Å². The Bertz CT molecular complexity index is 486. The summed E-state index contributed by atoms with van der Waals surface area (Å²) in [6, 6.07) is 6.06. The molecule has 21 heavy (non-hydrogen) atoms. The standard InChI is InChI=1S/C16H24N2O3/c1-4-17-10-12-9-14(20-3)7-8-15(12)21-11-16(19)18(2)13-5-6-13/h7-9,13,17H,4-6,10-11H2,1-3H3. The summed E-state index contributed by atoms with van der Waals surface area (Å²) >= 11 is 0. The zero-order valence-electron chi connectivity index (χ0n) is 13.0. The summed E-state index contributed by atoms with van der Waals surface area (Å²) in [5.74, 6) is 1.55. The van der Waals surface area contributed by atoms with E-state index in [-0.39, 0.29) is 12.5 Å². The minimum atomic E-state index is 0.0303. The maximum absolute atomic E-state index is 12.0. The Morgan fingerprint density at radius 2 is 2.19 bits per heavy atom. The average Bonchev–Trinajstić information content (AvgIpc) is 3.34. The molecule has 5 heteroatoms. The van der Waals surface area contributed by atoms with Crippen molar-refractivity contribution in [2.75, 3.05) is 27.3 Å². The van der Waals surface area contributed by atoms with Crippen molar-refractivity contribution in [3.05, 3.63) is 23.8 Å². The topological polar surface area (TPSA) is 50.8 Å². The Kier molecular flexibility index (Phi) is 5.44. The van der Waals surface area contributed by atoms with E-state index in [0.29, 0.717) is 12.6 Å². The second-order valence-electron chi connectivity index (χ2n) is 5.28. The van der Waals surface area contributed by atoms with E-state index in [0.717, 1.165) is 36.4 Å². The summed E-state index contributed by atoms with van der Waals surface area (Å²) < 4.78 is 10.9. The maximum atomic E-state index is 12.0. The number of nitrogens with zero attached hydrogens (tertiary/aromatic N) is 1. The van der Waals surface area contributed by atoms with Crippen molar-refractivity contribution in [2.45, 2.75) is 32.4 Å². The van der Waals surface area contributed by atoms with Gasteiger partial charge in [-0.05, 0) is 37.6 Å². The molecule has 0 aliphatic heterocycles. The van der Waals surface area contributed by atoms with Crippen LogP contribution in [0.4, 0.5) is 0 Å². The first-order chi connectivity index (χ1) is 10.2. The Morgan fingerprint density at radius 3 is 2.81 bits per heavy atom. The molecule has 0 atom stereocenters. The van der Waals surface area contributed by atoms with Crippen LogP contribution in [0.3, 0.4) is 0 Å². The smallest absolute Gasteiger partial charge is 0.260 e. The Balaban J connectivity index is 1.98. The van der Waals surface area contributed by atoms with Gasteiger partial charge < -0.3 is 19.7 Å². The number of likely N-dealkylation sites (N-methyl/N-ethyl adjacent to an activating group) is 1. The van der Waals surface area contributed by atoms with Gasteiger partial charge in [0.1, 0.15) is 11.5 Å². The number of methoxy groups -OCH3 is 1. The van der Waals surface area contributed by atoms with Crippen LogP contribution < -0.4 is 14.8 Å². The van der Waals surface area contributed by atoms with Crippen LogP contribution in [0.25, 0.3) is 0 Å². The van der Waals surface area contributed by atoms with E-state index < -0.39 is 0 Å². The van der Waals surface area contributed by atoms with E-state index in [1.807, 2.05) is 25.2 Å². The predicted molar refractivity (Wildman–Crippen MR) is 81.7 cm³/mol. The summed E-state index contributed by atoms with van der Waals surface area (Å²) in [5.41, 5.74) is 0.998. The molecule has 116 valence electrons. The molecule has 0 heterocycles. The lowest BCUT2D eigenvalue weighted by Crippen LogP contribution is -2.33. The quantitative estimate of drug-likeness (QED) is 0.794. The van der Waals surface area contributed by atoms with E-state index in [1.54, 1.807) is 12.0 Å². The minimum Gasteiger partial charge on any atom is -0.497 e. The third-order valence-electron chi connectivity index (χ3n) is 3.67. The summed E-state index contributed by atoms with van der Waals surface area (Å²) in [7, 11) is 3.48. The lowest BCUT2D eigenvalue weighted by Gasteiger charge is -2.18. The van der Waals surface area contributed by atoms with Gasteiger partial charge in [-0.25, -0.2) is 0 Å². The molecule has 1 aliphatic carbocycles. The van der Waals surface area contributed by atoms with E-state index in [9.17, 15) is 4.79 Å². The van der Waals surface area contributed by atoms with Gasteiger partial charge in [-0.1, -0.05) is 6.92 Å². The molecule has 0 unspecified atom stereocenters. The molecule has 2 rings (SSSR count). The van der Waals surface area contributed by atoms with E-state index in [1.165, 1.54) is 0 Å². The molecule has 1 aromatic rings. The summed E-state index contributed by atoms with van der Waals surface area (Å²) in [6.07, 6.45) is 2.22. The van der Waals surface area contributed by atoms with Crippen LogP contribution in [0.5, 0.6) is 11.5 Å². The average molecular weight is 292 g/mol. The molecule has 1 amide bonds. The van der Waals surface area contributed by atoms with Gasteiger partial charge in [-0.2, -0.15) is 0 Å². The third kappa shape index (κ3) is 4.36. The highest BCUT2D eigenvalue weighted by molar-refractivity contribution is 5.78. The first-order valence-electron chi connectivity index (χ1n) is 7.41. The molecule has 0 aromatic heterocycles. The highest BCUT2D eigenvalue weighted by Gasteiger charge is 2.29. The molecule has 0 bridgehead atoms. The fraction of sp³-hybridized carbons (Fsp3) is 0.562. The zero-order valence-corrected chi connectivity index (χ0v) is 13.0. The summed E-state index contributed by atoms with van der Waals surface area (Å²) in [6.45, 7) is 3.70. The van der Waals surface area contributed by atoms with Crippen LogP contribution in [-0.4, -0.2) is 44.2 Å². The molecular weight excluding hydrogens is 268 g/mol. The van der Waals surface area contributed by atoms with E-state index in [4.69, 9.17) is 9.47 Å². The first kappa shape index (κ1) is 15.6. The lowest BCUT2D eigenvalue weighted by molar-refractivity contribution is -0.132. The molecule has 1 fully saturated rings. The fourth-order valence-corrected chi connectivity index (χ4v) is 2.13. The van der Waals surface area contributed by atoms with Gasteiger partial charge in [0.25, 0.3) is 5.91 Å². The van der Waals surface area contributed by atoms with Crippen molar-refractivity contribution in [3.63, 3.8) is 0 Å². The second-order valence-corrected chi connectivity index (χ2v) is 5.28. The number of rotatable bonds is 8. The Morgan fingerprint density at radius 1 is 1.43 bits per heavy atom. The molecular formula is C16H24N2O3. The zero-order chi connectivity index (χ0) is 15.2. The molecule has 0 saturated heterocycles. The van der Waals surface area contributed by atoms with Crippen molar-refractivity contribution >= 4 is 5.91 Å². The summed E-state index contributed by atoms with van der Waals surface area (Å²) in [5, 5.41) is 3.26. The van der Waals surface area contributed by atoms with Crippen LogP contribution in [0.1, 0.15) is 25.3 Å². The molecule has 0 radical (unpaired) electrons. The highest BCUT2D eigenvalue weighted by atomic mass is 16.5. The van der Waals surface area contributed by atoms with E-state index in [2.05, 4.69) is 12.2 Å². The fourth-order valence-electron chi connectivity index (χ4n) is 2.13. The number of ether oxygens (including phenoxy) is 2. The van der Waals surface area contributed by atoms with Crippen LogP contribution in [0.2, 0.25) is 0 Å². The lowest BCUT2D eigenvalue weighted by atomic mass is 10.2. The van der Waals surface area contributed by atoms with Crippen LogP contribution in [0, 0.1) is 0 Å². The molecule has 5 nitrogen and oxygen atoms in total. The van der Waals surface area contributed by atoms with Crippen LogP contribution in [0.15, 0.2) is 18.2 Å². The number of carbonyl (C=O) groups is 1. The van der Waals surface area contributed by atoms with Crippen molar-refractivity contribution in [1.29, 1.82) is 0 Å². The number of nitrogens with one attached hydrogen (secondary N) is 1. The normalized spacial score (nSPS) is 13.9. The molecule has 1 saturated carbocycles. The monoisotopic (exact) mass is 292 g/mol. The Labute approximate surface area is 126 Å². The first-order valence-corrected chi connectivity index (χ1v) is 7.41. The van der Waals surface area contributed by atoms with Crippen molar-refractivity contribution < 1.29 is 14.3 Å². The van der Waals surface area contributed by atoms with Crippen molar-refractivity contribution in [3.8, 4) is 11.5 Å². The van der Waals surface area contributed by atoms with Crippen molar-refractivity contribution in [1.82, 2.24) is 10.2 Å². The SMILES string of the molecule is CCNCc1cc(OC)ccc1OCC(=O)N(C)C1CC1. The van der Waals surface area contributed by atoms with Gasteiger partial charge >= 0.3 is 0 Å². The molecule has 1 aromatic carbocycles. The van der Waals surface area contributed by atoms with Gasteiger partial charge in [-0.15, -0.1) is 0 Å². The second kappa shape index (κ2) is 7.31. The van der Waals surface area contributed by atoms with Crippen LogP contribution in [-0.2, 0) is 11.3 Å². The number of hydrogen-bond donors (Lipinski definition) is 1. The molecule has 0 spiro atoms. The number of hydrogen-bond acceptors (Lipinski definition) is 4. The number of carbonyl (C=O) groups excluding carboxylic acids is 1. The van der Waals surface area contributed by atoms with Crippen LogP contribution >= 0.6 is 0 Å². The van der Waals surface area contributed by atoms with E-state index >= 15 is 0 Å². The highest BCUT2D eigenvalue weighted by Crippen LogP contribution is 2.26. The summed E-state index contributed by atoms with van der Waals surface area (Å²) in [4.78, 5) is 13.8. The van der Waals surface area contributed by atoms with Crippen molar-refractivity contribution in [2.24, 2.45) is 0 Å². The Hall–Kier alpha value is -1.75. The van der Waals surface area contributed by atoms with Gasteiger partial charge in [-0.3, -0.25) is 4.79 Å². The minimum absolute atomic E-state index is 0.0303. The third-order valence-corrected chi connectivity index (χ3v) is 3.67. The molecule has 1 N–H and O–H groups in total. The van der Waals surface area contributed by atoms with Gasteiger partial charge in [0.05, 0.1) is 7.11 Å². The van der Waals surface area contributed by atoms with Gasteiger partial charge in [0, 0.05) is 25.2 Å². The maximum Gasteiger partial charge on any atom is 0.260 e. The number of amides is 1. The predicted octanol–water partition coefficient (Wildman–Crippen LogP) is 1.80.